The number of piperazine rings is 1. The number of para-hydroxylation sites is 1. The molecule has 144 valence electrons. The summed E-state index contributed by atoms with van der Waals surface area (Å²) in [5, 5.41) is 15.9. The Bertz CT molecular complexity index is 892. The van der Waals surface area contributed by atoms with Gasteiger partial charge in [-0.05, 0) is 47.4 Å². The van der Waals surface area contributed by atoms with Crippen LogP contribution in [0.5, 0.6) is 0 Å². The highest BCUT2D eigenvalue weighted by Crippen LogP contribution is 2.29. The first-order valence-corrected chi connectivity index (χ1v) is 10.8. The third-order valence-electron chi connectivity index (χ3n) is 5.64. The molecule has 0 aliphatic carbocycles. The van der Waals surface area contributed by atoms with Crippen molar-refractivity contribution in [3.8, 4) is 0 Å². The van der Waals surface area contributed by atoms with Crippen molar-refractivity contribution in [1.82, 2.24) is 14.8 Å². The van der Waals surface area contributed by atoms with E-state index in [-0.39, 0.29) is 6.61 Å². The molecule has 1 aromatic carbocycles. The van der Waals surface area contributed by atoms with E-state index >= 15 is 0 Å². The molecular weight excluding hydrogens is 378 g/mol. The van der Waals surface area contributed by atoms with Crippen molar-refractivity contribution in [2.75, 3.05) is 26.2 Å². The number of nitrogens with zero attached hydrogens (tertiary/aromatic N) is 2. The molecule has 0 radical (unpaired) electrons. The van der Waals surface area contributed by atoms with Gasteiger partial charge in [-0.25, -0.2) is 0 Å². The molecule has 6 heteroatoms. The number of thiophene rings is 1. The van der Waals surface area contributed by atoms with Crippen LogP contribution in [0, 0.1) is 6.92 Å². The first-order valence-electron chi connectivity index (χ1n) is 9.49. The summed E-state index contributed by atoms with van der Waals surface area (Å²) in [6.45, 7) is 7.32. The predicted octanol–water partition coefficient (Wildman–Crippen LogP) is 4.26. The van der Waals surface area contributed by atoms with Crippen molar-refractivity contribution < 1.29 is 5.11 Å². The van der Waals surface area contributed by atoms with Gasteiger partial charge < -0.3 is 10.1 Å². The number of benzene rings is 1. The summed E-state index contributed by atoms with van der Waals surface area (Å²) in [4.78, 5) is 8.55. The molecule has 3 heterocycles. The van der Waals surface area contributed by atoms with Crippen molar-refractivity contribution in [3.63, 3.8) is 0 Å². The predicted molar refractivity (Wildman–Crippen MR) is 114 cm³/mol. The van der Waals surface area contributed by atoms with Crippen LogP contribution in [-0.4, -0.2) is 52.2 Å². The number of hydrogen-bond acceptors (Lipinski definition) is 4. The molecule has 0 saturated carbocycles. The van der Waals surface area contributed by atoms with Crippen LogP contribution in [0.4, 0.5) is 0 Å². The molecule has 1 fully saturated rings. The summed E-state index contributed by atoms with van der Waals surface area (Å²) >= 11 is 8.11. The number of aromatic amines is 1. The number of aliphatic hydroxyl groups excluding tert-OH is 1. The van der Waals surface area contributed by atoms with Crippen LogP contribution >= 0.6 is 22.9 Å². The smallest absolute Gasteiger partial charge is 0.0648 e. The maximum absolute atomic E-state index is 9.54. The third kappa shape index (κ3) is 4.08. The highest BCUT2D eigenvalue weighted by molar-refractivity contribution is 7.07. The van der Waals surface area contributed by atoms with Gasteiger partial charge >= 0.3 is 0 Å². The van der Waals surface area contributed by atoms with Gasteiger partial charge in [0.1, 0.15) is 0 Å². The molecule has 4 nitrogen and oxygen atoms in total. The lowest BCUT2D eigenvalue weighted by Crippen LogP contribution is -2.52. The summed E-state index contributed by atoms with van der Waals surface area (Å²) in [7, 11) is 0. The minimum absolute atomic E-state index is 0.236. The minimum atomic E-state index is 0.236. The number of aliphatic hydroxyl groups is 1. The lowest BCUT2D eigenvalue weighted by Gasteiger charge is -2.41. The van der Waals surface area contributed by atoms with E-state index < -0.39 is 0 Å². The third-order valence-corrected chi connectivity index (χ3v) is 6.69. The fourth-order valence-electron chi connectivity index (χ4n) is 4.10. The summed E-state index contributed by atoms with van der Waals surface area (Å²) in [6.07, 6.45) is 0.818. The molecule has 1 aliphatic heterocycles. The average Bonchev–Trinajstić information content (AvgIpc) is 3.28. The topological polar surface area (TPSA) is 42.5 Å². The standard InChI is InChI=1S/C21H26ClN3OS/c1-15-18-3-2-4-19(22)21(18)23-20(15)13-24-7-8-25(17(12-24)5-9-26)11-16-6-10-27-14-16/h2-4,6,10,14,17,23,26H,5,7-9,11-13H2,1H3/t17-/m0/s1. The van der Waals surface area contributed by atoms with E-state index in [1.165, 1.54) is 22.2 Å². The molecule has 1 atom stereocenters. The summed E-state index contributed by atoms with van der Waals surface area (Å²) in [6, 6.07) is 8.66. The largest absolute Gasteiger partial charge is 0.396 e. The van der Waals surface area contributed by atoms with Gasteiger partial charge in [-0.2, -0.15) is 11.3 Å². The lowest BCUT2D eigenvalue weighted by molar-refractivity contribution is 0.0495. The molecule has 2 aromatic heterocycles. The SMILES string of the molecule is Cc1c(CN2CCN(Cc3ccsc3)[C@@H](CCO)C2)[nH]c2c(Cl)cccc12. The lowest BCUT2D eigenvalue weighted by atomic mass is 10.1. The monoisotopic (exact) mass is 403 g/mol. The van der Waals surface area contributed by atoms with Gasteiger partial charge in [0.05, 0.1) is 10.5 Å². The number of nitrogens with one attached hydrogen (secondary N) is 1. The number of rotatable bonds is 6. The minimum Gasteiger partial charge on any atom is -0.396 e. The zero-order valence-electron chi connectivity index (χ0n) is 15.6. The summed E-state index contributed by atoms with van der Waals surface area (Å²) < 4.78 is 0. The number of hydrogen-bond donors (Lipinski definition) is 2. The molecule has 0 unspecified atom stereocenters. The molecule has 1 aliphatic rings. The molecule has 1 saturated heterocycles. The van der Waals surface area contributed by atoms with Gasteiger partial charge in [-0.1, -0.05) is 23.7 Å². The number of halogens is 1. The van der Waals surface area contributed by atoms with Crippen LogP contribution < -0.4 is 0 Å². The Morgan fingerprint density at radius 1 is 1.26 bits per heavy atom. The number of H-pyrrole nitrogens is 1. The highest BCUT2D eigenvalue weighted by atomic mass is 35.5. The van der Waals surface area contributed by atoms with Crippen LogP contribution in [0.25, 0.3) is 10.9 Å². The first kappa shape index (κ1) is 19.0. The van der Waals surface area contributed by atoms with Gasteiger partial charge in [0.2, 0.25) is 0 Å². The van der Waals surface area contributed by atoms with Crippen LogP contribution in [0.1, 0.15) is 23.2 Å². The maximum Gasteiger partial charge on any atom is 0.0648 e. The second-order valence-corrected chi connectivity index (χ2v) is 8.58. The van der Waals surface area contributed by atoms with Crippen molar-refractivity contribution in [2.24, 2.45) is 0 Å². The number of fused-ring (bicyclic) bond motifs is 1. The highest BCUT2D eigenvalue weighted by Gasteiger charge is 2.27. The Kier molecular flexibility index (Phi) is 5.85. The van der Waals surface area contributed by atoms with Gasteiger partial charge in [0.25, 0.3) is 0 Å². The fourth-order valence-corrected chi connectivity index (χ4v) is 4.98. The van der Waals surface area contributed by atoms with Crippen LogP contribution in [0.15, 0.2) is 35.0 Å². The molecule has 4 rings (SSSR count). The van der Waals surface area contributed by atoms with Crippen LogP contribution in [0.2, 0.25) is 5.02 Å². The molecule has 2 N–H and O–H groups in total. The quantitative estimate of drug-likeness (QED) is 0.646. The normalized spacial score (nSPS) is 19.1. The van der Waals surface area contributed by atoms with Gasteiger partial charge in [0.15, 0.2) is 0 Å². The Morgan fingerprint density at radius 2 is 2.15 bits per heavy atom. The average molecular weight is 404 g/mol. The molecular formula is C21H26ClN3OS. The molecule has 3 aromatic rings. The second kappa shape index (κ2) is 8.33. The Balaban J connectivity index is 1.47. The zero-order chi connectivity index (χ0) is 18.8. The van der Waals surface area contributed by atoms with E-state index in [0.717, 1.165) is 49.7 Å². The maximum atomic E-state index is 9.54. The van der Waals surface area contributed by atoms with Crippen molar-refractivity contribution in [2.45, 2.75) is 32.5 Å². The number of aryl methyl sites for hydroxylation is 1. The van der Waals surface area contributed by atoms with Gasteiger partial charge in [-0.15, -0.1) is 0 Å². The van der Waals surface area contributed by atoms with E-state index in [2.05, 4.69) is 44.6 Å². The molecule has 0 bridgehead atoms. The summed E-state index contributed by atoms with van der Waals surface area (Å²) in [5.74, 6) is 0. The van der Waals surface area contributed by atoms with Gasteiger partial charge in [-0.3, -0.25) is 9.80 Å². The van der Waals surface area contributed by atoms with Crippen molar-refractivity contribution in [3.05, 3.63) is 56.9 Å². The van der Waals surface area contributed by atoms with E-state index in [4.69, 9.17) is 11.6 Å². The van der Waals surface area contributed by atoms with E-state index in [1.54, 1.807) is 11.3 Å². The van der Waals surface area contributed by atoms with Crippen molar-refractivity contribution in [1.29, 1.82) is 0 Å². The van der Waals surface area contributed by atoms with Crippen LogP contribution in [-0.2, 0) is 13.1 Å². The molecule has 27 heavy (non-hydrogen) atoms. The second-order valence-electron chi connectivity index (χ2n) is 7.39. The fraction of sp³-hybridized carbons (Fsp3) is 0.429. The van der Waals surface area contributed by atoms with Gasteiger partial charge in [0, 0.05) is 56.5 Å². The Morgan fingerprint density at radius 3 is 2.89 bits per heavy atom. The van der Waals surface area contributed by atoms with Crippen LogP contribution in [0.3, 0.4) is 0 Å². The molecule has 0 amide bonds. The first-order chi connectivity index (χ1) is 13.2. The van der Waals surface area contributed by atoms with E-state index in [0.29, 0.717) is 6.04 Å². The zero-order valence-corrected chi connectivity index (χ0v) is 17.2. The summed E-state index contributed by atoms with van der Waals surface area (Å²) in [5.41, 5.74) is 4.94. The Hall–Kier alpha value is -1.37. The molecule has 0 spiro atoms. The Labute approximate surface area is 169 Å². The van der Waals surface area contributed by atoms with Crippen molar-refractivity contribution >= 4 is 33.8 Å². The number of aromatic nitrogens is 1. The van der Waals surface area contributed by atoms with E-state index in [9.17, 15) is 5.11 Å². The van der Waals surface area contributed by atoms with E-state index in [1.807, 2.05) is 12.1 Å².